The van der Waals surface area contributed by atoms with Crippen LogP contribution in [0.25, 0.3) is 0 Å². The summed E-state index contributed by atoms with van der Waals surface area (Å²) in [6.07, 6.45) is 1.58. The summed E-state index contributed by atoms with van der Waals surface area (Å²) >= 11 is 0. The maximum absolute atomic E-state index is 12.6. The molecule has 0 bridgehead atoms. The van der Waals surface area contributed by atoms with E-state index in [4.69, 9.17) is 4.74 Å². The molecule has 6 nitrogen and oxygen atoms in total. The standard InChI is InChI=1S/C22H24N4O2/c1-15(2)28-20-10-5-4-9-18(20)25-21(27)19-11-12-23-22(26-19)24-14-17-8-6-7-16(3)13-17/h4-13,15H,14H2,1-3H3,(H,25,27)(H,23,24,26). The highest BCUT2D eigenvalue weighted by Gasteiger charge is 2.13. The van der Waals surface area contributed by atoms with E-state index in [1.165, 1.54) is 5.56 Å². The largest absolute Gasteiger partial charge is 0.489 e. The van der Waals surface area contributed by atoms with Gasteiger partial charge in [0.15, 0.2) is 0 Å². The van der Waals surface area contributed by atoms with Gasteiger partial charge in [-0.1, -0.05) is 42.0 Å². The van der Waals surface area contributed by atoms with Crippen molar-refractivity contribution >= 4 is 17.5 Å². The molecule has 0 atom stereocenters. The molecular weight excluding hydrogens is 352 g/mol. The van der Waals surface area contributed by atoms with Crippen LogP contribution >= 0.6 is 0 Å². The summed E-state index contributed by atoms with van der Waals surface area (Å²) in [6, 6.07) is 17.1. The first-order valence-corrected chi connectivity index (χ1v) is 9.21. The number of carbonyl (C=O) groups excluding carboxylic acids is 1. The number of para-hydroxylation sites is 2. The van der Waals surface area contributed by atoms with Crippen LogP contribution in [0, 0.1) is 6.92 Å². The molecule has 2 N–H and O–H groups in total. The maximum Gasteiger partial charge on any atom is 0.274 e. The molecule has 0 saturated carbocycles. The highest BCUT2D eigenvalue weighted by Crippen LogP contribution is 2.25. The summed E-state index contributed by atoms with van der Waals surface area (Å²) in [5.74, 6) is 0.708. The van der Waals surface area contributed by atoms with E-state index >= 15 is 0 Å². The number of anilines is 2. The molecule has 0 spiro atoms. The van der Waals surface area contributed by atoms with Gasteiger partial charge in [0.25, 0.3) is 5.91 Å². The van der Waals surface area contributed by atoms with E-state index in [1.54, 1.807) is 18.3 Å². The van der Waals surface area contributed by atoms with Gasteiger partial charge in [0.05, 0.1) is 11.8 Å². The molecule has 144 valence electrons. The number of hydrogen-bond acceptors (Lipinski definition) is 5. The molecule has 0 aliphatic carbocycles. The van der Waals surface area contributed by atoms with Crippen LogP contribution in [0.15, 0.2) is 60.8 Å². The van der Waals surface area contributed by atoms with Crippen molar-refractivity contribution in [1.82, 2.24) is 9.97 Å². The van der Waals surface area contributed by atoms with Crippen LogP contribution in [0.5, 0.6) is 5.75 Å². The van der Waals surface area contributed by atoms with Crippen molar-refractivity contribution in [2.45, 2.75) is 33.4 Å². The maximum atomic E-state index is 12.6. The molecule has 1 heterocycles. The second-order valence-corrected chi connectivity index (χ2v) is 6.72. The summed E-state index contributed by atoms with van der Waals surface area (Å²) in [7, 11) is 0. The number of carbonyl (C=O) groups is 1. The lowest BCUT2D eigenvalue weighted by Crippen LogP contribution is -2.17. The molecule has 0 saturated heterocycles. The lowest BCUT2D eigenvalue weighted by atomic mass is 10.1. The second-order valence-electron chi connectivity index (χ2n) is 6.72. The third kappa shape index (κ3) is 5.30. The van der Waals surface area contributed by atoms with Gasteiger partial charge >= 0.3 is 0 Å². The van der Waals surface area contributed by atoms with Crippen LogP contribution in [0.2, 0.25) is 0 Å². The minimum atomic E-state index is -0.319. The van der Waals surface area contributed by atoms with Gasteiger partial charge in [0.2, 0.25) is 5.95 Å². The summed E-state index contributed by atoms with van der Waals surface area (Å²) < 4.78 is 5.74. The van der Waals surface area contributed by atoms with Gasteiger partial charge in [0.1, 0.15) is 11.4 Å². The van der Waals surface area contributed by atoms with Crippen molar-refractivity contribution in [1.29, 1.82) is 0 Å². The van der Waals surface area contributed by atoms with Crippen LogP contribution in [0.3, 0.4) is 0 Å². The molecule has 0 aliphatic rings. The SMILES string of the molecule is Cc1cccc(CNc2nccc(C(=O)Nc3ccccc3OC(C)C)n2)c1. The van der Waals surface area contributed by atoms with Gasteiger partial charge in [-0.15, -0.1) is 0 Å². The van der Waals surface area contributed by atoms with Gasteiger partial charge in [-0.2, -0.15) is 0 Å². The zero-order valence-corrected chi connectivity index (χ0v) is 16.3. The van der Waals surface area contributed by atoms with E-state index < -0.39 is 0 Å². The monoisotopic (exact) mass is 376 g/mol. The minimum Gasteiger partial charge on any atom is -0.489 e. The van der Waals surface area contributed by atoms with Gasteiger partial charge in [-0.3, -0.25) is 4.79 Å². The molecule has 1 aromatic heterocycles. The molecule has 6 heteroatoms. The Morgan fingerprint density at radius 2 is 1.93 bits per heavy atom. The van der Waals surface area contributed by atoms with E-state index in [0.717, 1.165) is 5.56 Å². The predicted octanol–water partition coefficient (Wildman–Crippen LogP) is 4.44. The van der Waals surface area contributed by atoms with Crippen LogP contribution in [-0.4, -0.2) is 22.0 Å². The first kappa shape index (κ1) is 19.4. The summed E-state index contributed by atoms with van der Waals surface area (Å²) in [4.78, 5) is 21.2. The summed E-state index contributed by atoms with van der Waals surface area (Å²) in [5.41, 5.74) is 3.20. The van der Waals surface area contributed by atoms with E-state index in [0.29, 0.717) is 23.9 Å². The smallest absolute Gasteiger partial charge is 0.274 e. The Morgan fingerprint density at radius 3 is 2.71 bits per heavy atom. The van der Waals surface area contributed by atoms with Gasteiger partial charge in [0, 0.05) is 12.7 Å². The molecule has 0 aliphatic heterocycles. The first-order chi connectivity index (χ1) is 13.5. The molecule has 2 aromatic carbocycles. The molecule has 0 fully saturated rings. The van der Waals surface area contributed by atoms with Crippen LogP contribution in [-0.2, 0) is 6.54 Å². The molecule has 1 amide bonds. The number of rotatable bonds is 7. The number of nitrogens with zero attached hydrogens (tertiary/aromatic N) is 2. The Kier molecular flexibility index (Phi) is 6.22. The highest BCUT2D eigenvalue weighted by atomic mass is 16.5. The molecule has 3 aromatic rings. The second kappa shape index (κ2) is 8.99. The lowest BCUT2D eigenvalue weighted by molar-refractivity contribution is 0.102. The quantitative estimate of drug-likeness (QED) is 0.638. The van der Waals surface area contributed by atoms with Gasteiger partial charge in [-0.05, 0) is 44.5 Å². The molecule has 3 rings (SSSR count). The van der Waals surface area contributed by atoms with E-state index in [9.17, 15) is 4.79 Å². The average Bonchev–Trinajstić information content (AvgIpc) is 2.68. The third-order valence-corrected chi connectivity index (χ3v) is 3.92. The molecular formula is C22H24N4O2. The fourth-order valence-corrected chi connectivity index (χ4v) is 2.69. The van der Waals surface area contributed by atoms with Crippen LogP contribution < -0.4 is 15.4 Å². The summed E-state index contributed by atoms with van der Waals surface area (Å²) in [6.45, 7) is 6.51. The highest BCUT2D eigenvalue weighted by molar-refractivity contribution is 6.03. The number of amides is 1. The number of aromatic nitrogens is 2. The van der Waals surface area contributed by atoms with Crippen molar-refractivity contribution in [3.05, 3.63) is 77.6 Å². The van der Waals surface area contributed by atoms with E-state index in [-0.39, 0.29) is 17.7 Å². The molecule has 28 heavy (non-hydrogen) atoms. The van der Waals surface area contributed by atoms with Crippen LogP contribution in [0.4, 0.5) is 11.6 Å². The Hall–Kier alpha value is -3.41. The van der Waals surface area contributed by atoms with E-state index in [2.05, 4.69) is 26.7 Å². The van der Waals surface area contributed by atoms with Crippen molar-refractivity contribution in [3.63, 3.8) is 0 Å². The fourth-order valence-electron chi connectivity index (χ4n) is 2.69. The first-order valence-electron chi connectivity index (χ1n) is 9.21. The van der Waals surface area contributed by atoms with Crippen molar-refractivity contribution in [2.75, 3.05) is 10.6 Å². The predicted molar refractivity (Wildman–Crippen MR) is 111 cm³/mol. The fraction of sp³-hybridized carbons (Fsp3) is 0.227. The third-order valence-electron chi connectivity index (χ3n) is 3.92. The van der Waals surface area contributed by atoms with Crippen LogP contribution in [0.1, 0.15) is 35.5 Å². The molecule has 0 unspecified atom stereocenters. The number of hydrogen-bond donors (Lipinski definition) is 2. The van der Waals surface area contributed by atoms with Crippen molar-refractivity contribution in [2.24, 2.45) is 0 Å². The molecule has 0 radical (unpaired) electrons. The Morgan fingerprint density at radius 1 is 1.11 bits per heavy atom. The van der Waals surface area contributed by atoms with E-state index in [1.807, 2.05) is 57.2 Å². The number of ether oxygens (including phenoxy) is 1. The number of benzene rings is 2. The zero-order valence-electron chi connectivity index (χ0n) is 16.3. The number of nitrogens with one attached hydrogen (secondary N) is 2. The summed E-state index contributed by atoms with van der Waals surface area (Å²) in [5, 5.41) is 6.02. The Labute approximate surface area is 165 Å². The normalized spacial score (nSPS) is 10.6. The number of aryl methyl sites for hydroxylation is 1. The van der Waals surface area contributed by atoms with Crippen molar-refractivity contribution in [3.8, 4) is 5.75 Å². The average molecular weight is 376 g/mol. The minimum absolute atomic E-state index is 0.00882. The lowest BCUT2D eigenvalue weighted by Gasteiger charge is -2.14. The topological polar surface area (TPSA) is 76.1 Å². The van der Waals surface area contributed by atoms with Crippen molar-refractivity contribution < 1.29 is 9.53 Å². The Bertz CT molecular complexity index is 957. The Balaban J connectivity index is 1.69. The van der Waals surface area contributed by atoms with Gasteiger partial charge in [-0.25, -0.2) is 9.97 Å². The van der Waals surface area contributed by atoms with Gasteiger partial charge < -0.3 is 15.4 Å². The zero-order chi connectivity index (χ0) is 19.9.